The van der Waals surface area contributed by atoms with Gasteiger partial charge in [0.1, 0.15) is 5.56 Å². The number of carbonyl (C=O) groups excluding carboxylic acids is 1. The zero-order valence-electron chi connectivity index (χ0n) is 17.7. The summed E-state index contributed by atoms with van der Waals surface area (Å²) in [4.78, 5) is 17.2. The molecule has 3 aromatic rings. The molecule has 156 valence electrons. The molecule has 0 saturated carbocycles. The van der Waals surface area contributed by atoms with Gasteiger partial charge in [-0.3, -0.25) is 4.79 Å². The summed E-state index contributed by atoms with van der Waals surface area (Å²) in [6, 6.07) is 9.47. The summed E-state index contributed by atoms with van der Waals surface area (Å²) in [7, 11) is 3.02. The number of fused-ring (bicyclic) bond motifs is 1. The van der Waals surface area contributed by atoms with Crippen LogP contribution in [0.5, 0.6) is 11.8 Å². The van der Waals surface area contributed by atoms with Crippen LogP contribution in [0.15, 0.2) is 36.5 Å². The summed E-state index contributed by atoms with van der Waals surface area (Å²) < 4.78 is 12.4. The molecule has 1 N–H and O–H groups in total. The lowest BCUT2D eigenvalue weighted by molar-refractivity contribution is 0.0928. The minimum absolute atomic E-state index is 0.105. The number of hydrogen-bond donors (Lipinski definition) is 1. The second-order valence-electron chi connectivity index (χ2n) is 7.51. The first kappa shape index (κ1) is 19.9. The number of rotatable bonds is 5. The van der Waals surface area contributed by atoms with E-state index in [1.165, 1.54) is 25.3 Å². The third-order valence-electron chi connectivity index (χ3n) is 5.77. The molecule has 2 heterocycles. The SMILES string of the molecule is COc1ccc(C(=O)N[C@H]2CCCc3c2cnn3-c2cccc(C)c2C)c(OC)n1. The molecule has 1 aromatic carbocycles. The molecule has 7 heteroatoms. The Morgan fingerprint density at radius 3 is 2.77 bits per heavy atom. The molecular formula is C23H26N4O3. The van der Waals surface area contributed by atoms with Crippen LogP contribution in [0.25, 0.3) is 5.69 Å². The first-order valence-electron chi connectivity index (χ1n) is 10.1. The molecule has 1 aliphatic carbocycles. The van der Waals surface area contributed by atoms with Crippen molar-refractivity contribution in [3.63, 3.8) is 0 Å². The highest BCUT2D eigenvalue weighted by atomic mass is 16.5. The average Bonchev–Trinajstić information content (AvgIpc) is 3.20. The van der Waals surface area contributed by atoms with Gasteiger partial charge in [-0.05, 0) is 56.4 Å². The fourth-order valence-corrected chi connectivity index (χ4v) is 3.98. The minimum atomic E-state index is -0.223. The highest BCUT2D eigenvalue weighted by Gasteiger charge is 2.28. The maximum absolute atomic E-state index is 13.0. The first-order valence-corrected chi connectivity index (χ1v) is 10.1. The molecule has 0 saturated heterocycles. The van der Waals surface area contributed by atoms with Gasteiger partial charge in [-0.1, -0.05) is 12.1 Å². The molecule has 0 bridgehead atoms. The van der Waals surface area contributed by atoms with E-state index in [0.29, 0.717) is 11.4 Å². The van der Waals surface area contributed by atoms with E-state index in [2.05, 4.69) is 47.4 Å². The molecule has 7 nitrogen and oxygen atoms in total. The Morgan fingerprint density at radius 2 is 2.00 bits per heavy atom. The molecule has 0 fully saturated rings. The van der Waals surface area contributed by atoms with Crippen LogP contribution in [0.4, 0.5) is 0 Å². The van der Waals surface area contributed by atoms with Gasteiger partial charge >= 0.3 is 0 Å². The van der Waals surface area contributed by atoms with Gasteiger partial charge in [-0.2, -0.15) is 10.1 Å². The number of nitrogens with zero attached hydrogens (tertiary/aromatic N) is 3. The summed E-state index contributed by atoms with van der Waals surface area (Å²) in [5, 5.41) is 7.81. The number of carbonyl (C=O) groups is 1. The van der Waals surface area contributed by atoms with E-state index in [9.17, 15) is 4.79 Å². The molecule has 1 atom stereocenters. The van der Waals surface area contributed by atoms with Crippen LogP contribution in [0.2, 0.25) is 0 Å². The van der Waals surface area contributed by atoms with Crippen LogP contribution in [-0.4, -0.2) is 34.9 Å². The highest BCUT2D eigenvalue weighted by molar-refractivity contribution is 5.96. The molecule has 2 aromatic heterocycles. The van der Waals surface area contributed by atoms with E-state index in [4.69, 9.17) is 9.47 Å². The van der Waals surface area contributed by atoms with Crippen LogP contribution in [0.3, 0.4) is 0 Å². The predicted molar refractivity (Wildman–Crippen MR) is 114 cm³/mol. The van der Waals surface area contributed by atoms with Gasteiger partial charge in [0.2, 0.25) is 11.8 Å². The Kier molecular flexibility index (Phi) is 5.44. The molecule has 30 heavy (non-hydrogen) atoms. The fraction of sp³-hybridized carbons (Fsp3) is 0.348. The zero-order chi connectivity index (χ0) is 21.3. The molecule has 0 aliphatic heterocycles. The number of benzene rings is 1. The number of hydrogen-bond acceptors (Lipinski definition) is 5. The van der Waals surface area contributed by atoms with E-state index in [1.54, 1.807) is 12.1 Å². The number of methoxy groups -OCH3 is 2. The first-order chi connectivity index (χ1) is 14.5. The number of amides is 1. The Balaban J connectivity index is 1.63. The molecule has 1 amide bonds. The van der Waals surface area contributed by atoms with Gasteiger partial charge in [0, 0.05) is 17.3 Å². The predicted octanol–water partition coefficient (Wildman–Crippen LogP) is 3.71. The Hall–Kier alpha value is -3.35. The molecule has 1 aliphatic rings. The number of aromatic nitrogens is 3. The van der Waals surface area contributed by atoms with E-state index in [0.717, 1.165) is 36.2 Å². The molecule has 0 spiro atoms. The summed E-state index contributed by atoms with van der Waals surface area (Å²) in [5.41, 5.74) is 6.13. The van der Waals surface area contributed by atoms with E-state index in [1.807, 2.05) is 10.9 Å². The van der Waals surface area contributed by atoms with Crippen molar-refractivity contribution in [2.75, 3.05) is 14.2 Å². The quantitative estimate of drug-likeness (QED) is 0.699. The largest absolute Gasteiger partial charge is 0.481 e. The monoisotopic (exact) mass is 406 g/mol. The maximum atomic E-state index is 13.0. The standard InChI is InChI=1S/C23H26N4O3/c1-14-7-5-9-19(15(14)2)27-20-10-6-8-18(17(20)13-24-27)25-22(28)16-11-12-21(29-3)26-23(16)30-4/h5,7,9,11-13,18H,6,8,10H2,1-4H3,(H,25,28)/t18-/m0/s1. The number of aryl methyl sites for hydroxylation is 1. The van der Waals surface area contributed by atoms with E-state index < -0.39 is 0 Å². The number of pyridine rings is 1. The lowest BCUT2D eigenvalue weighted by Crippen LogP contribution is -2.31. The lowest BCUT2D eigenvalue weighted by atomic mass is 9.92. The summed E-state index contributed by atoms with van der Waals surface area (Å²) in [5.74, 6) is 0.423. The third kappa shape index (κ3) is 3.51. The van der Waals surface area contributed by atoms with Gasteiger partial charge in [-0.25, -0.2) is 4.68 Å². The van der Waals surface area contributed by atoms with Crippen LogP contribution < -0.4 is 14.8 Å². The van der Waals surface area contributed by atoms with Gasteiger partial charge in [0.15, 0.2) is 0 Å². The van der Waals surface area contributed by atoms with Crippen molar-refractivity contribution >= 4 is 5.91 Å². The average molecular weight is 406 g/mol. The van der Waals surface area contributed by atoms with Crippen molar-refractivity contribution in [2.45, 2.75) is 39.2 Å². The van der Waals surface area contributed by atoms with Crippen LogP contribution >= 0.6 is 0 Å². The summed E-state index contributed by atoms with van der Waals surface area (Å²) >= 11 is 0. The van der Waals surface area contributed by atoms with Crippen molar-refractivity contribution in [2.24, 2.45) is 0 Å². The van der Waals surface area contributed by atoms with Gasteiger partial charge in [0.25, 0.3) is 5.91 Å². The van der Waals surface area contributed by atoms with Crippen molar-refractivity contribution in [1.82, 2.24) is 20.1 Å². The molecular weight excluding hydrogens is 380 g/mol. The number of ether oxygens (including phenoxy) is 2. The minimum Gasteiger partial charge on any atom is -0.481 e. The molecule has 4 rings (SSSR count). The van der Waals surface area contributed by atoms with Crippen molar-refractivity contribution < 1.29 is 14.3 Å². The Morgan fingerprint density at radius 1 is 1.17 bits per heavy atom. The Labute approximate surface area is 176 Å². The van der Waals surface area contributed by atoms with E-state index in [-0.39, 0.29) is 17.8 Å². The highest BCUT2D eigenvalue weighted by Crippen LogP contribution is 2.32. The zero-order valence-corrected chi connectivity index (χ0v) is 17.7. The lowest BCUT2D eigenvalue weighted by Gasteiger charge is -2.25. The van der Waals surface area contributed by atoms with Crippen LogP contribution in [0, 0.1) is 13.8 Å². The fourth-order valence-electron chi connectivity index (χ4n) is 3.98. The summed E-state index contributed by atoms with van der Waals surface area (Å²) in [6.45, 7) is 4.22. The van der Waals surface area contributed by atoms with Gasteiger partial charge in [0.05, 0.1) is 32.1 Å². The summed E-state index contributed by atoms with van der Waals surface area (Å²) in [6.07, 6.45) is 4.66. The third-order valence-corrected chi connectivity index (χ3v) is 5.77. The van der Waals surface area contributed by atoms with Crippen molar-refractivity contribution in [3.8, 4) is 17.4 Å². The topological polar surface area (TPSA) is 78.3 Å². The molecule has 0 unspecified atom stereocenters. The maximum Gasteiger partial charge on any atom is 0.257 e. The van der Waals surface area contributed by atoms with Crippen molar-refractivity contribution in [3.05, 3.63) is 64.5 Å². The number of nitrogens with one attached hydrogen (secondary N) is 1. The molecule has 0 radical (unpaired) electrons. The second-order valence-corrected chi connectivity index (χ2v) is 7.51. The van der Waals surface area contributed by atoms with Gasteiger partial charge in [-0.15, -0.1) is 0 Å². The smallest absolute Gasteiger partial charge is 0.257 e. The van der Waals surface area contributed by atoms with Crippen LogP contribution in [0.1, 0.15) is 51.6 Å². The van der Waals surface area contributed by atoms with E-state index >= 15 is 0 Å². The normalized spacial score (nSPS) is 15.4. The Bertz CT molecular complexity index is 1090. The van der Waals surface area contributed by atoms with Crippen molar-refractivity contribution in [1.29, 1.82) is 0 Å². The van der Waals surface area contributed by atoms with Crippen LogP contribution in [-0.2, 0) is 6.42 Å². The van der Waals surface area contributed by atoms with Gasteiger partial charge < -0.3 is 14.8 Å². The second kappa shape index (κ2) is 8.18.